The molecule has 0 saturated heterocycles. The third-order valence-corrected chi connectivity index (χ3v) is 3.91. The Hall–Kier alpha value is -2.09. The van der Waals surface area contributed by atoms with Gasteiger partial charge in [-0.2, -0.15) is 19.1 Å². The molecular formula is C12H8ClF3N4O2S. The number of nitrogens with two attached hydrogens (primary N) is 1. The highest BCUT2D eigenvalue weighted by atomic mass is 35.5. The Balaban J connectivity index is 2.66. The van der Waals surface area contributed by atoms with Gasteiger partial charge >= 0.3 is 6.61 Å². The van der Waals surface area contributed by atoms with E-state index in [9.17, 15) is 17.4 Å². The van der Waals surface area contributed by atoms with E-state index in [0.717, 1.165) is 16.8 Å². The summed E-state index contributed by atoms with van der Waals surface area (Å²) in [6.07, 6.45) is 0. The van der Waals surface area contributed by atoms with Gasteiger partial charge in [-0.3, -0.25) is 0 Å². The molecule has 0 aliphatic rings. The molecule has 0 aliphatic heterocycles. The van der Waals surface area contributed by atoms with Crippen molar-refractivity contribution in [3.8, 4) is 23.2 Å². The van der Waals surface area contributed by atoms with Crippen LogP contribution in [-0.2, 0) is 18.0 Å². The Morgan fingerprint density at radius 2 is 2.17 bits per heavy atom. The number of aromatic nitrogens is 2. The van der Waals surface area contributed by atoms with Gasteiger partial charge in [0.25, 0.3) is 0 Å². The Labute approximate surface area is 135 Å². The van der Waals surface area contributed by atoms with Gasteiger partial charge < -0.3 is 4.74 Å². The first kappa shape index (κ1) is 17.3. The van der Waals surface area contributed by atoms with Crippen LogP contribution in [-0.4, -0.2) is 20.6 Å². The van der Waals surface area contributed by atoms with Gasteiger partial charge in [0.1, 0.15) is 33.6 Å². The Morgan fingerprint density at radius 1 is 1.52 bits per heavy atom. The summed E-state index contributed by atoms with van der Waals surface area (Å²) in [4.78, 5) is -0.137. The maximum atomic E-state index is 14.2. The molecule has 0 amide bonds. The molecule has 23 heavy (non-hydrogen) atoms. The second kappa shape index (κ2) is 6.57. The van der Waals surface area contributed by atoms with Crippen molar-refractivity contribution in [3.63, 3.8) is 0 Å². The van der Waals surface area contributed by atoms with Gasteiger partial charge in [0.05, 0.1) is 10.5 Å². The van der Waals surface area contributed by atoms with Crippen LogP contribution in [0.25, 0.3) is 11.3 Å². The molecule has 0 spiro atoms. The summed E-state index contributed by atoms with van der Waals surface area (Å²) in [5.41, 5.74) is -0.677. The van der Waals surface area contributed by atoms with Gasteiger partial charge in [-0.15, -0.1) is 0 Å². The summed E-state index contributed by atoms with van der Waals surface area (Å²) in [5.74, 6) is -1.37. The number of nitrogens with zero attached hydrogens (tertiary/aromatic N) is 3. The second-order valence-corrected chi connectivity index (χ2v) is 5.62. The van der Waals surface area contributed by atoms with E-state index in [1.807, 2.05) is 0 Å². The predicted octanol–water partition coefficient (Wildman–Crippen LogP) is 2.33. The number of rotatable bonds is 4. The molecule has 2 rings (SSSR count). The van der Waals surface area contributed by atoms with Crippen LogP contribution in [0.5, 0.6) is 5.88 Å². The van der Waals surface area contributed by atoms with Gasteiger partial charge in [0, 0.05) is 12.6 Å². The third-order valence-electron chi connectivity index (χ3n) is 2.80. The van der Waals surface area contributed by atoms with Crippen molar-refractivity contribution in [2.24, 2.45) is 12.2 Å². The van der Waals surface area contributed by atoms with Crippen LogP contribution < -0.4 is 9.88 Å². The zero-order valence-corrected chi connectivity index (χ0v) is 13.0. The van der Waals surface area contributed by atoms with Crippen LogP contribution >= 0.6 is 11.6 Å². The molecule has 11 heteroatoms. The second-order valence-electron chi connectivity index (χ2n) is 4.21. The molecular weight excluding hydrogens is 357 g/mol. The molecule has 1 atom stereocenters. The van der Waals surface area contributed by atoms with E-state index in [-0.39, 0.29) is 26.7 Å². The van der Waals surface area contributed by atoms with E-state index in [1.54, 1.807) is 6.07 Å². The van der Waals surface area contributed by atoms with Crippen molar-refractivity contribution < 1.29 is 22.1 Å². The lowest BCUT2D eigenvalue weighted by atomic mass is 10.1. The highest BCUT2D eigenvalue weighted by Gasteiger charge is 2.24. The van der Waals surface area contributed by atoms with Crippen LogP contribution in [0.2, 0.25) is 5.02 Å². The van der Waals surface area contributed by atoms with Crippen molar-refractivity contribution in [1.29, 1.82) is 5.26 Å². The molecule has 1 aromatic carbocycles. The number of halogens is 4. The van der Waals surface area contributed by atoms with E-state index in [0.29, 0.717) is 0 Å². The van der Waals surface area contributed by atoms with Crippen molar-refractivity contribution in [1.82, 2.24) is 9.78 Å². The third kappa shape index (κ3) is 3.31. The summed E-state index contributed by atoms with van der Waals surface area (Å²) in [6, 6.07) is 3.50. The average molecular weight is 365 g/mol. The number of benzene rings is 1. The average Bonchev–Trinajstić information content (AvgIpc) is 2.74. The van der Waals surface area contributed by atoms with E-state index in [4.69, 9.17) is 22.0 Å². The van der Waals surface area contributed by atoms with Crippen LogP contribution in [0.1, 0.15) is 5.56 Å². The fraction of sp³-hybridized carbons (Fsp3) is 0.167. The Kier molecular flexibility index (Phi) is 4.93. The van der Waals surface area contributed by atoms with Crippen molar-refractivity contribution >= 4 is 22.6 Å². The molecule has 0 saturated carbocycles. The number of hydrogen-bond donors (Lipinski definition) is 1. The van der Waals surface area contributed by atoms with Crippen LogP contribution in [0.4, 0.5) is 13.2 Å². The maximum Gasteiger partial charge on any atom is 0.388 e. The molecule has 6 nitrogen and oxygen atoms in total. The minimum atomic E-state index is -3.14. The van der Waals surface area contributed by atoms with Gasteiger partial charge in [-0.25, -0.2) is 18.4 Å². The molecule has 2 aromatic rings. The highest BCUT2D eigenvalue weighted by molar-refractivity contribution is 7.82. The Morgan fingerprint density at radius 3 is 2.70 bits per heavy atom. The fourth-order valence-electron chi connectivity index (χ4n) is 1.86. The summed E-state index contributed by atoms with van der Waals surface area (Å²) in [5, 5.41) is 17.6. The van der Waals surface area contributed by atoms with Crippen molar-refractivity contribution in [2.45, 2.75) is 11.5 Å². The topological polar surface area (TPSA) is 93.9 Å². The Bertz CT molecular complexity index is 835. The number of hydrogen-bond acceptors (Lipinski definition) is 4. The zero-order chi connectivity index (χ0) is 17.3. The quantitative estimate of drug-likeness (QED) is 0.900. The maximum absolute atomic E-state index is 14.2. The number of alkyl halides is 2. The van der Waals surface area contributed by atoms with Crippen molar-refractivity contribution in [2.75, 3.05) is 0 Å². The van der Waals surface area contributed by atoms with Crippen molar-refractivity contribution in [3.05, 3.63) is 28.5 Å². The predicted molar refractivity (Wildman–Crippen MR) is 75.6 cm³/mol. The minimum absolute atomic E-state index is 0.137. The summed E-state index contributed by atoms with van der Waals surface area (Å²) in [7, 11) is -0.791. The lowest BCUT2D eigenvalue weighted by Gasteiger charge is -2.06. The summed E-state index contributed by atoms with van der Waals surface area (Å²) in [6.45, 7) is -3.14. The molecule has 0 fully saturated rings. The van der Waals surface area contributed by atoms with Gasteiger partial charge in [0.2, 0.25) is 5.88 Å². The normalized spacial score (nSPS) is 12.3. The summed E-state index contributed by atoms with van der Waals surface area (Å²) < 4.78 is 55.4. The van der Waals surface area contributed by atoms with Crippen LogP contribution in [0.3, 0.4) is 0 Å². The first-order valence-corrected chi connectivity index (χ1v) is 7.42. The standard InChI is InChI=1S/C12H8ClF3N4O2S/c1-20-11(22-12(15)16)9(13)10(19-20)6-3-8(23(18)21)5(4-17)2-7(6)14/h2-3,12H,18H2,1H3. The summed E-state index contributed by atoms with van der Waals surface area (Å²) >= 11 is 5.91. The molecule has 0 aliphatic carbocycles. The molecule has 1 heterocycles. The molecule has 1 aromatic heterocycles. The number of aryl methyl sites for hydroxylation is 1. The molecule has 1 unspecified atom stereocenters. The molecule has 122 valence electrons. The van der Waals surface area contributed by atoms with Gasteiger partial charge in [-0.05, 0) is 12.1 Å². The largest absolute Gasteiger partial charge is 0.416 e. The first-order valence-electron chi connectivity index (χ1n) is 5.83. The van der Waals surface area contributed by atoms with E-state index >= 15 is 0 Å². The van der Waals surface area contributed by atoms with Gasteiger partial charge in [-0.1, -0.05) is 11.6 Å². The molecule has 0 bridgehead atoms. The zero-order valence-electron chi connectivity index (χ0n) is 11.4. The highest BCUT2D eigenvalue weighted by Crippen LogP contribution is 2.37. The number of nitriles is 1. The van der Waals surface area contributed by atoms with Crippen LogP contribution in [0.15, 0.2) is 17.0 Å². The SMILES string of the molecule is Cn1nc(-c2cc(S(N)=O)c(C#N)cc2F)c(Cl)c1OC(F)F. The van der Waals surface area contributed by atoms with E-state index in [1.165, 1.54) is 7.05 Å². The smallest absolute Gasteiger partial charge is 0.388 e. The lowest BCUT2D eigenvalue weighted by Crippen LogP contribution is -2.06. The monoisotopic (exact) mass is 364 g/mol. The molecule has 2 N–H and O–H groups in total. The van der Waals surface area contributed by atoms with E-state index in [2.05, 4.69) is 9.84 Å². The fourth-order valence-corrected chi connectivity index (χ4v) is 2.72. The first-order chi connectivity index (χ1) is 10.8. The van der Waals surface area contributed by atoms with Crippen LogP contribution in [0, 0.1) is 17.1 Å². The van der Waals surface area contributed by atoms with E-state index < -0.39 is 29.3 Å². The van der Waals surface area contributed by atoms with Gasteiger partial charge in [0.15, 0.2) is 0 Å². The lowest BCUT2D eigenvalue weighted by molar-refractivity contribution is -0.0552. The number of ether oxygens (including phenoxy) is 1. The molecule has 0 radical (unpaired) electrons. The minimum Gasteiger partial charge on any atom is -0.416 e.